The molecule has 0 radical (unpaired) electrons. The summed E-state index contributed by atoms with van der Waals surface area (Å²) in [5.41, 5.74) is 2.48. The van der Waals surface area contributed by atoms with Crippen LogP contribution in [0.4, 0.5) is 5.69 Å². The number of carbonyl (C=O) groups is 3. The van der Waals surface area contributed by atoms with Crippen molar-refractivity contribution >= 4 is 58.3 Å². The van der Waals surface area contributed by atoms with Crippen molar-refractivity contribution < 1.29 is 19.1 Å². The third kappa shape index (κ3) is 8.46. The number of nitrogens with zero attached hydrogens (tertiary/aromatic N) is 1. The van der Waals surface area contributed by atoms with E-state index < -0.39 is 23.8 Å². The zero-order valence-corrected chi connectivity index (χ0v) is 25.0. The molecule has 1 aliphatic rings. The Hall–Kier alpha value is -3.10. The highest BCUT2D eigenvalue weighted by Gasteiger charge is 2.26. The molecule has 0 spiro atoms. The molecule has 3 aromatic rings. The van der Waals surface area contributed by atoms with Crippen LogP contribution in [0.2, 0.25) is 15.1 Å². The second kappa shape index (κ2) is 14.7. The third-order valence-electron chi connectivity index (χ3n) is 6.98. The van der Waals surface area contributed by atoms with Crippen molar-refractivity contribution in [2.75, 3.05) is 31.6 Å². The van der Waals surface area contributed by atoms with Gasteiger partial charge in [-0.3, -0.25) is 14.5 Å². The minimum absolute atomic E-state index is 0.183. The van der Waals surface area contributed by atoms with E-state index >= 15 is 0 Å². The van der Waals surface area contributed by atoms with Crippen LogP contribution >= 0.6 is 34.8 Å². The molecule has 3 aromatic carbocycles. The predicted molar refractivity (Wildman–Crippen MR) is 163 cm³/mol. The summed E-state index contributed by atoms with van der Waals surface area (Å²) < 4.78 is 5.61. The molecule has 4 rings (SSSR count). The van der Waals surface area contributed by atoms with Gasteiger partial charge in [0.2, 0.25) is 0 Å². The van der Waals surface area contributed by atoms with Crippen molar-refractivity contribution in [3.05, 3.63) is 98.0 Å². The fraction of sp³-hybridized carbons (Fsp3) is 0.323. The molecule has 0 bridgehead atoms. The quantitative estimate of drug-likeness (QED) is 0.251. The first-order valence-electron chi connectivity index (χ1n) is 13.5. The number of nitrogens with one attached hydrogen (secondary N) is 2. The Morgan fingerprint density at radius 3 is 2.07 bits per heavy atom. The largest absolute Gasteiger partial charge is 0.463 e. The Morgan fingerprint density at radius 2 is 1.44 bits per heavy atom. The van der Waals surface area contributed by atoms with Gasteiger partial charge in [-0.2, -0.15) is 0 Å². The maximum atomic E-state index is 13.2. The second-order valence-electron chi connectivity index (χ2n) is 9.98. The number of piperidine rings is 1. The summed E-state index contributed by atoms with van der Waals surface area (Å²) in [6.45, 7) is 4.67. The number of halogens is 3. The van der Waals surface area contributed by atoms with E-state index in [0.717, 1.165) is 31.5 Å². The number of rotatable bonds is 10. The Balaban J connectivity index is 1.45. The SMILES string of the molecule is Cc1cccc(Cl)c1C(=O)NC(Cc1ccc(NC(=O)c2c(Cl)cccc2Cl)cc1)C(=O)OCCN1CCCCC1. The van der Waals surface area contributed by atoms with E-state index in [4.69, 9.17) is 39.5 Å². The fourth-order valence-electron chi connectivity index (χ4n) is 4.77. The highest BCUT2D eigenvalue weighted by atomic mass is 35.5. The van der Waals surface area contributed by atoms with Crippen molar-refractivity contribution in [1.82, 2.24) is 10.2 Å². The summed E-state index contributed by atoms with van der Waals surface area (Å²) >= 11 is 18.6. The molecule has 1 atom stereocenters. The molecule has 7 nitrogen and oxygen atoms in total. The van der Waals surface area contributed by atoms with Crippen molar-refractivity contribution in [1.29, 1.82) is 0 Å². The summed E-state index contributed by atoms with van der Waals surface area (Å²) in [5.74, 6) is -1.41. The Morgan fingerprint density at radius 1 is 0.829 bits per heavy atom. The van der Waals surface area contributed by atoms with E-state index in [0.29, 0.717) is 28.4 Å². The number of anilines is 1. The van der Waals surface area contributed by atoms with Crippen molar-refractivity contribution in [2.45, 2.75) is 38.6 Å². The maximum absolute atomic E-state index is 13.2. The van der Waals surface area contributed by atoms with Gasteiger partial charge in [0, 0.05) is 18.7 Å². The summed E-state index contributed by atoms with van der Waals surface area (Å²) in [4.78, 5) is 41.4. The van der Waals surface area contributed by atoms with Gasteiger partial charge >= 0.3 is 5.97 Å². The van der Waals surface area contributed by atoms with Gasteiger partial charge in [0.1, 0.15) is 12.6 Å². The number of likely N-dealkylation sites (tertiary alicyclic amines) is 1. The number of carbonyl (C=O) groups excluding carboxylic acids is 3. The lowest BCUT2D eigenvalue weighted by Gasteiger charge is -2.26. The van der Waals surface area contributed by atoms with Gasteiger partial charge in [-0.15, -0.1) is 0 Å². The molecule has 1 saturated heterocycles. The average molecular weight is 617 g/mol. The third-order valence-corrected chi connectivity index (χ3v) is 7.93. The Kier molecular flexibility index (Phi) is 11.1. The van der Waals surface area contributed by atoms with Crippen LogP contribution in [-0.2, 0) is 16.0 Å². The van der Waals surface area contributed by atoms with E-state index in [1.807, 2.05) is 0 Å². The van der Waals surface area contributed by atoms with E-state index in [-0.39, 0.29) is 28.6 Å². The van der Waals surface area contributed by atoms with Gasteiger partial charge in [-0.1, -0.05) is 71.6 Å². The van der Waals surface area contributed by atoms with E-state index in [9.17, 15) is 14.4 Å². The van der Waals surface area contributed by atoms with Crippen molar-refractivity contribution in [3.63, 3.8) is 0 Å². The first kappa shape index (κ1) is 30.8. The van der Waals surface area contributed by atoms with E-state index in [1.165, 1.54) is 6.42 Å². The van der Waals surface area contributed by atoms with Crippen LogP contribution < -0.4 is 10.6 Å². The summed E-state index contributed by atoms with van der Waals surface area (Å²) in [7, 11) is 0. The van der Waals surface area contributed by atoms with Gasteiger partial charge < -0.3 is 15.4 Å². The van der Waals surface area contributed by atoms with Crippen LogP contribution in [-0.4, -0.2) is 55.0 Å². The van der Waals surface area contributed by atoms with Crippen LogP contribution in [0.25, 0.3) is 0 Å². The van der Waals surface area contributed by atoms with Crippen LogP contribution in [0.15, 0.2) is 60.7 Å². The van der Waals surface area contributed by atoms with Crippen LogP contribution in [0.5, 0.6) is 0 Å². The number of hydrogen-bond donors (Lipinski definition) is 2. The molecule has 0 aliphatic carbocycles. The fourth-order valence-corrected chi connectivity index (χ4v) is 5.65. The number of amides is 2. The number of ether oxygens (including phenoxy) is 1. The molecule has 10 heteroatoms. The number of hydrogen-bond acceptors (Lipinski definition) is 5. The van der Waals surface area contributed by atoms with Gasteiger partial charge in [0.05, 0.1) is 26.2 Å². The maximum Gasteiger partial charge on any atom is 0.329 e. The molecule has 1 unspecified atom stereocenters. The van der Waals surface area contributed by atoms with Crippen LogP contribution in [0.3, 0.4) is 0 Å². The molecule has 1 fully saturated rings. The molecule has 216 valence electrons. The smallest absolute Gasteiger partial charge is 0.329 e. The normalized spacial score (nSPS) is 14.2. The molecular weight excluding hydrogens is 585 g/mol. The van der Waals surface area contributed by atoms with Crippen LogP contribution in [0, 0.1) is 6.92 Å². The summed E-state index contributed by atoms with van der Waals surface area (Å²) in [6.07, 6.45) is 3.70. The highest BCUT2D eigenvalue weighted by molar-refractivity contribution is 6.40. The topological polar surface area (TPSA) is 87.7 Å². The Bertz CT molecular complexity index is 1350. The molecule has 0 saturated carbocycles. The highest BCUT2D eigenvalue weighted by Crippen LogP contribution is 2.25. The molecular formula is C31H32Cl3N3O4. The first-order valence-corrected chi connectivity index (χ1v) is 14.7. The molecule has 41 heavy (non-hydrogen) atoms. The molecule has 2 amide bonds. The number of benzene rings is 3. The zero-order valence-electron chi connectivity index (χ0n) is 22.7. The molecule has 0 aromatic heterocycles. The van der Waals surface area contributed by atoms with Crippen molar-refractivity contribution in [3.8, 4) is 0 Å². The number of esters is 1. The minimum atomic E-state index is -0.943. The van der Waals surface area contributed by atoms with Crippen molar-refractivity contribution in [2.24, 2.45) is 0 Å². The monoisotopic (exact) mass is 615 g/mol. The molecule has 2 N–H and O–H groups in total. The van der Waals surface area contributed by atoms with Gasteiger partial charge in [0.15, 0.2) is 0 Å². The van der Waals surface area contributed by atoms with E-state index in [2.05, 4.69) is 15.5 Å². The molecule has 1 heterocycles. The van der Waals surface area contributed by atoms with E-state index in [1.54, 1.807) is 67.6 Å². The van der Waals surface area contributed by atoms with Gasteiger partial charge in [-0.05, 0) is 74.3 Å². The summed E-state index contributed by atoms with van der Waals surface area (Å²) in [6, 6.07) is 16.0. The average Bonchev–Trinajstić information content (AvgIpc) is 2.94. The number of aryl methyl sites for hydroxylation is 1. The van der Waals surface area contributed by atoms with Crippen LogP contribution in [0.1, 0.15) is 51.1 Å². The van der Waals surface area contributed by atoms with Gasteiger partial charge in [-0.25, -0.2) is 4.79 Å². The first-order chi connectivity index (χ1) is 19.7. The predicted octanol–water partition coefficient (Wildman–Crippen LogP) is 6.58. The molecule has 1 aliphatic heterocycles. The second-order valence-corrected chi connectivity index (χ2v) is 11.2. The lowest BCUT2D eigenvalue weighted by atomic mass is 10.0. The zero-order chi connectivity index (χ0) is 29.4. The lowest BCUT2D eigenvalue weighted by Crippen LogP contribution is -2.44. The standard InChI is InChI=1S/C31H32Cl3N3O4/c1-20-7-5-8-23(32)27(20)29(38)36-26(31(40)41-18-17-37-15-3-2-4-16-37)19-21-11-13-22(14-12-21)35-30(39)28-24(33)9-6-10-25(28)34/h5-14,26H,2-4,15-19H2,1H3,(H,35,39)(H,36,38). The van der Waals surface area contributed by atoms with Gasteiger partial charge in [0.25, 0.3) is 11.8 Å². The Labute approximate surface area is 255 Å². The summed E-state index contributed by atoms with van der Waals surface area (Å²) in [5, 5.41) is 6.40. The lowest BCUT2D eigenvalue weighted by molar-refractivity contribution is -0.146. The minimum Gasteiger partial charge on any atom is -0.463 e.